The molecular weight excluding hydrogens is 366 g/mol. The first-order valence-corrected chi connectivity index (χ1v) is 8.65. The number of carbonyl (C=O) groups is 1. The van der Waals surface area contributed by atoms with Gasteiger partial charge in [-0.1, -0.05) is 12.1 Å². The zero-order valence-corrected chi connectivity index (χ0v) is 15.6. The summed E-state index contributed by atoms with van der Waals surface area (Å²) in [6, 6.07) is 10.2. The van der Waals surface area contributed by atoms with Gasteiger partial charge >= 0.3 is 0 Å². The van der Waals surface area contributed by atoms with Crippen LogP contribution in [-0.2, 0) is 6.54 Å². The fraction of sp³-hybridized carbons (Fsp3) is 0.263. The van der Waals surface area contributed by atoms with Crippen LogP contribution in [-0.4, -0.2) is 63.1 Å². The molecule has 1 aromatic heterocycles. The van der Waals surface area contributed by atoms with Crippen LogP contribution in [0.15, 0.2) is 48.8 Å². The Labute approximate surface area is 161 Å². The molecular formula is C19H20F2N6O. The fourth-order valence-corrected chi connectivity index (χ4v) is 2.67. The van der Waals surface area contributed by atoms with Crippen LogP contribution in [0.5, 0.6) is 0 Å². The molecule has 0 unspecified atom stereocenters. The lowest BCUT2D eigenvalue weighted by molar-refractivity contribution is 0.0730. The van der Waals surface area contributed by atoms with Crippen LogP contribution in [0, 0.1) is 11.6 Å². The maximum absolute atomic E-state index is 14.1. The molecule has 0 aliphatic heterocycles. The van der Waals surface area contributed by atoms with Crippen molar-refractivity contribution >= 4 is 5.91 Å². The van der Waals surface area contributed by atoms with E-state index in [4.69, 9.17) is 0 Å². The molecule has 3 rings (SSSR count). The Kier molecular flexibility index (Phi) is 6.05. The summed E-state index contributed by atoms with van der Waals surface area (Å²) in [6.07, 6.45) is 1.43. The van der Waals surface area contributed by atoms with Crippen molar-refractivity contribution in [2.75, 3.05) is 27.2 Å². The van der Waals surface area contributed by atoms with Crippen molar-refractivity contribution < 1.29 is 13.6 Å². The Morgan fingerprint density at radius 3 is 2.61 bits per heavy atom. The normalized spacial score (nSPS) is 11.0. The molecule has 0 bridgehead atoms. The molecule has 146 valence electrons. The third-order valence-electron chi connectivity index (χ3n) is 4.19. The van der Waals surface area contributed by atoms with Crippen LogP contribution in [0.3, 0.4) is 0 Å². The molecule has 0 saturated carbocycles. The molecule has 0 saturated heterocycles. The topological polar surface area (TPSA) is 67.2 Å². The molecule has 28 heavy (non-hydrogen) atoms. The average Bonchev–Trinajstić information content (AvgIpc) is 3.21. The number of aromatic nitrogens is 4. The molecule has 0 spiro atoms. The van der Waals surface area contributed by atoms with Gasteiger partial charge in [-0.25, -0.2) is 13.5 Å². The molecule has 0 N–H and O–H groups in total. The highest BCUT2D eigenvalue weighted by atomic mass is 19.1. The molecule has 7 nitrogen and oxygen atoms in total. The van der Waals surface area contributed by atoms with Crippen molar-refractivity contribution in [2.24, 2.45) is 0 Å². The second kappa shape index (κ2) is 8.66. The van der Waals surface area contributed by atoms with Gasteiger partial charge in [-0.2, -0.15) is 0 Å². The molecule has 0 aliphatic carbocycles. The summed E-state index contributed by atoms with van der Waals surface area (Å²) < 4.78 is 28.8. The Morgan fingerprint density at radius 1 is 1.11 bits per heavy atom. The minimum atomic E-state index is -0.676. The fourth-order valence-electron chi connectivity index (χ4n) is 2.67. The minimum Gasteiger partial charge on any atom is -0.333 e. The van der Waals surface area contributed by atoms with E-state index < -0.39 is 11.6 Å². The van der Waals surface area contributed by atoms with Gasteiger partial charge in [0.25, 0.3) is 5.91 Å². The predicted molar refractivity (Wildman–Crippen MR) is 98.8 cm³/mol. The highest BCUT2D eigenvalue weighted by molar-refractivity contribution is 5.94. The predicted octanol–water partition coefficient (Wildman–Crippen LogP) is 2.14. The number of benzene rings is 2. The summed E-state index contributed by atoms with van der Waals surface area (Å²) in [5.74, 6) is -1.59. The van der Waals surface area contributed by atoms with Crippen molar-refractivity contribution in [3.63, 3.8) is 0 Å². The summed E-state index contributed by atoms with van der Waals surface area (Å²) in [4.78, 5) is 16.6. The number of hydrogen-bond acceptors (Lipinski definition) is 5. The minimum absolute atomic E-state index is 0.0356. The van der Waals surface area contributed by atoms with Crippen LogP contribution >= 0.6 is 0 Å². The van der Waals surface area contributed by atoms with Crippen LogP contribution in [0.25, 0.3) is 5.69 Å². The summed E-state index contributed by atoms with van der Waals surface area (Å²) in [7, 11) is 3.78. The van der Waals surface area contributed by atoms with Gasteiger partial charge in [0.1, 0.15) is 18.0 Å². The van der Waals surface area contributed by atoms with Crippen molar-refractivity contribution in [3.8, 4) is 5.69 Å². The summed E-state index contributed by atoms with van der Waals surface area (Å²) in [5.41, 5.74) is 1.32. The average molecular weight is 386 g/mol. The lowest BCUT2D eigenvalue weighted by Crippen LogP contribution is -2.36. The second-order valence-corrected chi connectivity index (χ2v) is 6.57. The number of hydrogen-bond donors (Lipinski definition) is 0. The van der Waals surface area contributed by atoms with Crippen LogP contribution in [0.1, 0.15) is 15.9 Å². The number of tetrazole rings is 1. The summed E-state index contributed by atoms with van der Waals surface area (Å²) >= 11 is 0. The van der Waals surface area contributed by atoms with Gasteiger partial charge in [0.15, 0.2) is 0 Å². The zero-order chi connectivity index (χ0) is 20.1. The molecule has 9 heteroatoms. The summed E-state index contributed by atoms with van der Waals surface area (Å²) in [6.45, 7) is 1.02. The van der Waals surface area contributed by atoms with Crippen molar-refractivity contribution in [3.05, 3.63) is 71.6 Å². The maximum atomic E-state index is 14.1. The van der Waals surface area contributed by atoms with E-state index in [1.54, 1.807) is 24.3 Å². The first-order valence-electron chi connectivity index (χ1n) is 8.65. The third kappa shape index (κ3) is 4.74. The van der Waals surface area contributed by atoms with E-state index in [1.165, 1.54) is 28.0 Å². The maximum Gasteiger partial charge on any atom is 0.254 e. The number of likely N-dealkylation sites (N-methyl/N-ethyl adjacent to an activating group) is 1. The van der Waals surface area contributed by atoms with E-state index in [1.807, 2.05) is 19.0 Å². The standard InChI is InChI=1S/C19H20F2N6O/c1-25(2)8-9-26(12-15-6-7-16(20)11-18(15)21)19(28)14-4-3-5-17(10-14)27-13-22-23-24-27/h3-7,10-11,13H,8-9,12H2,1-2H3. The van der Waals surface area contributed by atoms with E-state index in [9.17, 15) is 13.6 Å². The van der Waals surface area contributed by atoms with E-state index in [-0.39, 0.29) is 18.0 Å². The SMILES string of the molecule is CN(C)CCN(Cc1ccc(F)cc1F)C(=O)c1cccc(-n2cnnn2)c1. The second-order valence-electron chi connectivity index (χ2n) is 6.57. The van der Waals surface area contributed by atoms with Gasteiger partial charge in [-0.05, 0) is 48.8 Å². The van der Waals surface area contributed by atoms with Crippen LogP contribution < -0.4 is 0 Å². The number of rotatable bonds is 7. The van der Waals surface area contributed by atoms with Gasteiger partial charge in [0.05, 0.1) is 5.69 Å². The molecule has 0 atom stereocenters. The molecule has 0 radical (unpaired) electrons. The smallest absolute Gasteiger partial charge is 0.254 e. The lowest BCUT2D eigenvalue weighted by Gasteiger charge is -2.25. The van der Waals surface area contributed by atoms with Crippen molar-refractivity contribution in [1.82, 2.24) is 30.0 Å². The molecule has 2 aromatic carbocycles. The monoisotopic (exact) mass is 386 g/mol. The molecule has 1 heterocycles. The van der Waals surface area contributed by atoms with Crippen LogP contribution in [0.2, 0.25) is 0 Å². The van der Waals surface area contributed by atoms with Gasteiger partial charge in [0, 0.05) is 36.8 Å². The van der Waals surface area contributed by atoms with E-state index in [0.29, 0.717) is 24.3 Å². The quantitative estimate of drug-likeness (QED) is 0.622. The van der Waals surface area contributed by atoms with E-state index in [0.717, 1.165) is 6.07 Å². The van der Waals surface area contributed by atoms with Crippen LogP contribution in [0.4, 0.5) is 8.78 Å². The third-order valence-corrected chi connectivity index (χ3v) is 4.19. The Morgan fingerprint density at radius 2 is 1.93 bits per heavy atom. The largest absolute Gasteiger partial charge is 0.333 e. The van der Waals surface area contributed by atoms with E-state index in [2.05, 4.69) is 15.5 Å². The van der Waals surface area contributed by atoms with Gasteiger partial charge in [-0.3, -0.25) is 4.79 Å². The Bertz CT molecular complexity index is 945. The Balaban J connectivity index is 1.87. The van der Waals surface area contributed by atoms with E-state index >= 15 is 0 Å². The first kappa shape index (κ1) is 19.6. The highest BCUT2D eigenvalue weighted by Gasteiger charge is 2.19. The molecule has 1 amide bonds. The summed E-state index contributed by atoms with van der Waals surface area (Å²) in [5, 5.41) is 11.0. The van der Waals surface area contributed by atoms with Crippen molar-refractivity contribution in [2.45, 2.75) is 6.54 Å². The molecule has 3 aromatic rings. The van der Waals surface area contributed by atoms with Gasteiger partial charge in [-0.15, -0.1) is 5.10 Å². The first-order chi connectivity index (χ1) is 13.4. The lowest BCUT2D eigenvalue weighted by atomic mass is 10.1. The number of halogens is 2. The van der Waals surface area contributed by atoms with Crippen molar-refractivity contribution in [1.29, 1.82) is 0 Å². The molecule has 0 aliphatic rings. The molecule has 0 fully saturated rings. The zero-order valence-electron chi connectivity index (χ0n) is 15.6. The van der Waals surface area contributed by atoms with Gasteiger partial charge in [0.2, 0.25) is 0 Å². The van der Waals surface area contributed by atoms with Gasteiger partial charge < -0.3 is 9.80 Å². The number of nitrogens with zero attached hydrogens (tertiary/aromatic N) is 6. The number of amides is 1. The highest BCUT2D eigenvalue weighted by Crippen LogP contribution is 2.16. The Hall–Kier alpha value is -3.20. The number of carbonyl (C=O) groups excluding carboxylic acids is 1.